The molecule has 1 heterocycles. The second kappa shape index (κ2) is 8.08. The second-order valence-corrected chi connectivity index (χ2v) is 4.91. The minimum absolute atomic E-state index is 0.0218. The molecule has 2 amide bonds. The molecule has 21 heavy (non-hydrogen) atoms. The van der Waals surface area contributed by atoms with E-state index in [0.29, 0.717) is 18.0 Å². The van der Waals surface area contributed by atoms with E-state index in [4.69, 9.17) is 9.84 Å². The van der Waals surface area contributed by atoms with Gasteiger partial charge in [-0.25, -0.2) is 9.78 Å². The van der Waals surface area contributed by atoms with Gasteiger partial charge in [0.15, 0.2) is 0 Å². The zero-order chi connectivity index (χ0) is 15.8. The van der Waals surface area contributed by atoms with Gasteiger partial charge < -0.3 is 20.5 Å². The van der Waals surface area contributed by atoms with Crippen molar-refractivity contribution in [3.63, 3.8) is 0 Å². The summed E-state index contributed by atoms with van der Waals surface area (Å²) in [5.74, 6) is -0.524. The molecule has 0 aliphatic rings. The third-order valence-corrected chi connectivity index (χ3v) is 2.44. The van der Waals surface area contributed by atoms with Crippen LogP contribution in [-0.4, -0.2) is 34.7 Å². The van der Waals surface area contributed by atoms with Gasteiger partial charge in [-0.05, 0) is 38.8 Å². The quantitative estimate of drug-likeness (QED) is 0.669. The zero-order valence-electron chi connectivity index (χ0n) is 12.5. The Labute approximate surface area is 123 Å². The largest absolute Gasteiger partial charge is 0.481 e. The highest BCUT2D eigenvalue weighted by atomic mass is 16.5. The lowest BCUT2D eigenvalue weighted by atomic mass is 10.3. The van der Waals surface area contributed by atoms with Gasteiger partial charge in [0.2, 0.25) is 5.88 Å². The molecular formula is C14H21N3O4. The van der Waals surface area contributed by atoms with Crippen LogP contribution in [0.5, 0.6) is 5.88 Å². The molecule has 0 atom stereocenters. The van der Waals surface area contributed by atoms with Crippen molar-refractivity contribution in [1.29, 1.82) is 0 Å². The molecular weight excluding hydrogens is 274 g/mol. The number of hydrogen-bond donors (Lipinski definition) is 3. The summed E-state index contributed by atoms with van der Waals surface area (Å²) >= 11 is 0. The molecule has 7 heteroatoms. The number of aliphatic carboxylic acids is 1. The van der Waals surface area contributed by atoms with Gasteiger partial charge in [-0.15, -0.1) is 0 Å². The highest BCUT2D eigenvalue weighted by molar-refractivity contribution is 5.90. The van der Waals surface area contributed by atoms with Crippen molar-refractivity contribution in [3.8, 4) is 5.88 Å². The van der Waals surface area contributed by atoms with Crippen LogP contribution in [0.15, 0.2) is 12.3 Å². The predicted molar refractivity (Wildman–Crippen MR) is 78.6 cm³/mol. The van der Waals surface area contributed by atoms with Gasteiger partial charge >= 0.3 is 12.0 Å². The highest BCUT2D eigenvalue weighted by Gasteiger charge is 2.11. The van der Waals surface area contributed by atoms with Crippen molar-refractivity contribution in [2.75, 3.05) is 11.9 Å². The molecule has 1 rings (SSSR count). The first kappa shape index (κ1) is 16.7. The Balaban J connectivity index is 2.58. The molecule has 0 aliphatic carbocycles. The molecule has 0 unspecified atom stereocenters. The van der Waals surface area contributed by atoms with Crippen LogP contribution in [-0.2, 0) is 4.79 Å². The summed E-state index contributed by atoms with van der Waals surface area (Å²) in [6.07, 6.45) is 2.01. The van der Waals surface area contributed by atoms with Gasteiger partial charge in [0.25, 0.3) is 0 Å². The lowest BCUT2D eigenvalue weighted by Crippen LogP contribution is -2.30. The number of carboxylic acid groups (broad SMARTS) is 1. The summed E-state index contributed by atoms with van der Waals surface area (Å²) in [5.41, 5.74) is 1.38. The van der Waals surface area contributed by atoms with Crippen LogP contribution in [0.2, 0.25) is 0 Å². The van der Waals surface area contributed by atoms with E-state index in [-0.39, 0.29) is 19.1 Å². The highest BCUT2D eigenvalue weighted by Crippen LogP contribution is 2.23. The zero-order valence-corrected chi connectivity index (χ0v) is 12.5. The Morgan fingerprint density at radius 1 is 1.43 bits per heavy atom. The average Bonchev–Trinajstić information content (AvgIpc) is 2.37. The fourth-order valence-corrected chi connectivity index (χ4v) is 1.57. The summed E-state index contributed by atoms with van der Waals surface area (Å²) < 4.78 is 5.53. The number of pyridine rings is 1. The fourth-order valence-electron chi connectivity index (χ4n) is 1.57. The standard InChI is InChI=1S/C14H21N3O4/c1-9(2)21-13-11(7-10(3)8-16-13)17-14(20)15-6-4-5-12(18)19/h7-9H,4-6H2,1-3H3,(H,18,19)(H2,15,17,20). The Morgan fingerprint density at radius 3 is 2.76 bits per heavy atom. The number of carboxylic acids is 1. The molecule has 7 nitrogen and oxygen atoms in total. The molecule has 0 fully saturated rings. The lowest BCUT2D eigenvalue weighted by molar-refractivity contribution is -0.137. The topological polar surface area (TPSA) is 101 Å². The number of aryl methyl sites for hydroxylation is 1. The molecule has 0 saturated heterocycles. The first-order valence-electron chi connectivity index (χ1n) is 6.78. The molecule has 0 radical (unpaired) electrons. The van der Waals surface area contributed by atoms with Gasteiger partial charge in [0, 0.05) is 19.2 Å². The Morgan fingerprint density at radius 2 is 2.14 bits per heavy atom. The third kappa shape index (κ3) is 6.60. The van der Waals surface area contributed by atoms with E-state index in [1.807, 2.05) is 20.8 Å². The number of anilines is 1. The number of nitrogens with zero attached hydrogens (tertiary/aromatic N) is 1. The maximum absolute atomic E-state index is 11.8. The van der Waals surface area contributed by atoms with E-state index in [1.165, 1.54) is 0 Å². The minimum atomic E-state index is -0.882. The molecule has 1 aromatic rings. The summed E-state index contributed by atoms with van der Waals surface area (Å²) in [4.78, 5) is 26.3. The van der Waals surface area contributed by atoms with Gasteiger partial charge in [-0.2, -0.15) is 0 Å². The Bertz CT molecular complexity index is 503. The molecule has 116 valence electrons. The van der Waals surface area contributed by atoms with Crippen LogP contribution >= 0.6 is 0 Å². The normalized spacial score (nSPS) is 10.3. The van der Waals surface area contributed by atoms with Crippen LogP contribution in [0, 0.1) is 6.92 Å². The smallest absolute Gasteiger partial charge is 0.319 e. The fraction of sp³-hybridized carbons (Fsp3) is 0.500. The van der Waals surface area contributed by atoms with Gasteiger partial charge in [-0.3, -0.25) is 4.79 Å². The van der Waals surface area contributed by atoms with Crippen LogP contribution in [0.25, 0.3) is 0 Å². The lowest BCUT2D eigenvalue weighted by Gasteiger charge is -2.14. The Hall–Kier alpha value is -2.31. The molecule has 0 aromatic carbocycles. The minimum Gasteiger partial charge on any atom is -0.481 e. The van der Waals surface area contributed by atoms with Crippen LogP contribution in [0.3, 0.4) is 0 Å². The van der Waals surface area contributed by atoms with Crippen molar-refractivity contribution < 1.29 is 19.4 Å². The third-order valence-electron chi connectivity index (χ3n) is 2.44. The SMILES string of the molecule is Cc1cnc(OC(C)C)c(NC(=O)NCCCC(=O)O)c1. The van der Waals surface area contributed by atoms with Crippen molar-refractivity contribution in [1.82, 2.24) is 10.3 Å². The molecule has 1 aromatic heterocycles. The maximum atomic E-state index is 11.8. The van der Waals surface area contributed by atoms with E-state index < -0.39 is 12.0 Å². The van der Waals surface area contributed by atoms with Crippen LogP contribution < -0.4 is 15.4 Å². The number of hydrogen-bond acceptors (Lipinski definition) is 4. The van der Waals surface area contributed by atoms with Gasteiger partial charge in [0.1, 0.15) is 5.69 Å². The molecule has 0 saturated carbocycles. The first-order valence-corrected chi connectivity index (χ1v) is 6.78. The van der Waals surface area contributed by atoms with Crippen molar-refractivity contribution in [2.24, 2.45) is 0 Å². The van der Waals surface area contributed by atoms with Gasteiger partial charge in [-0.1, -0.05) is 0 Å². The number of urea groups is 1. The van der Waals surface area contributed by atoms with Gasteiger partial charge in [0.05, 0.1) is 6.10 Å². The summed E-state index contributed by atoms with van der Waals surface area (Å²) in [6, 6.07) is 1.35. The van der Waals surface area contributed by atoms with E-state index in [0.717, 1.165) is 5.56 Å². The van der Waals surface area contributed by atoms with Crippen molar-refractivity contribution >= 4 is 17.7 Å². The number of ether oxygens (including phenoxy) is 1. The van der Waals surface area contributed by atoms with Crippen molar-refractivity contribution in [2.45, 2.75) is 39.7 Å². The van der Waals surface area contributed by atoms with E-state index in [2.05, 4.69) is 15.6 Å². The number of carbonyl (C=O) groups excluding carboxylic acids is 1. The Kier molecular flexibility index (Phi) is 6.45. The van der Waals surface area contributed by atoms with E-state index in [1.54, 1.807) is 12.3 Å². The van der Waals surface area contributed by atoms with E-state index >= 15 is 0 Å². The number of amides is 2. The monoisotopic (exact) mass is 295 g/mol. The first-order chi connectivity index (χ1) is 9.88. The maximum Gasteiger partial charge on any atom is 0.319 e. The molecule has 0 aliphatic heterocycles. The van der Waals surface area contributed by atoms with Crippen LogP contribution in [0.1, 0.15) is 32.3 Å². The number of carbonyl (C=O) groups is 2. The number of rotatable bonds is 7. The summed E-state index contributed by atoms with van der Waals surface area (Å²) in [7, 11) is 0. The molecule has 3 N–H and O–H groups in total. The second-order valence-electron chi connectivity index (χ2n) is 4.91. The number of nitrogens with one attached hydrogen (secondary N) is 2. The summed E-state index contributed by atoms with van der Waals surface area (Å²) in [5, 5.41) is 13.8. The van der Waals surface area contributed by atoms with Crippen molar-refractivity contribution in [3.05, 3.63) is 17.8 Å². The molecule has 0 bridgehead atoms. The predicted octanol–water partition coefficient (Wildman–Crippen LogP) is 2.16. The van der Waals surface area contributed by atoms with Crippen LogP contribution in [0.4, 0.5) is 10.5 Å². The average molecular weight is 295 g/mol. The summed E-state index contributed by atoms with van der Waals surface area (Å²) in [6.45, 7) is 5.90. The molecule has 0 spiro atoms. The van der Waals surface area contributed by atoms with E-state index in [9.17, 15) is 9.59 Å². The number of aromatic nitrogens is 1.